The van der Waals surface area contributed by atoms with Crippen LogP contribution in [0.1, 0.15) is 0 Å². The number of fused-ring (bicyclic) bond motifs is 2. The molecule has 0 aliphatic rings. The largest absolute Gasteiger partial charge is 0.340 e. The normalized spacial score (nSPS) is 11.0. The summed E-state index contributed by atoms with van der Waals surface area (Å²) in [5, 5.41) is 5.34. The molecule has 0 bridgehead atoms. The van der Waals surface area contributed by atoms with Crippen LogP contribution in [0.2, 0.25) is 0 Å². The Morgan fingerprint density at radius 1 is 0.741 bits per heavy atom. The van der Waals surface area contributed by atoms with Crippen molar-refractivity contribution in [1.29, 1.82) is 0 Å². The first kappa shape index (κ1) is 15.3. The van der Waals surface area contributed by atoms with Gasteiger partial charge in [-0.3, -0.25) is 9.97 Å². The maximum Gasteiger partial charge on any atom is 0.165 e. The molecule has 4 aromatic heterocycles. The van der Waals surface area contributed by atoms with Crippen molar-refractivity contribution in [3.05, 3.63) is 79.4 Å². The van der Waals surface area contributed by atoms with Crippen LogP contribution in [0, 0.1) is 0 Å². The lowest BCUT2D eigenvalue weighted by atomic mass is 10.2. The first-order chi connectivity index (χ1) is 13.4. The Kier molecular flexibility index (Phi) is 3.65. The molecule has 0 amide bonds. The van der Waals surface area contributed by atoms with Gasteiger partial charge in [-0.2, -0.15) is 0 Å². The van der Waals surface area contributed by atoms with E-state index in [0.29, 0.717) is 17.3 Å². The summed E-state index contributed by atoms with van der Waals surface area (Å²) in [5.41, 5.74) is 3.42. The maximum atomic E-state index is 4.74. The Bertz CT molecular complexity index is 1250. The number of nitrogens with zero attached hydrogens (tertiary/aromatic N) is 5. The second-order valence-corrected chi connectivity index (χ2v) is 6.04. The van der Waals surface area contributed by atoms with Crippen molar-refractivity contribution in [3.63, 3.8) is 0 Å². The molecule has 0 aliphatic heterocycles. The van der Waals surface area contributed by atoms with Gasteiger partial charge in [-0.15, -0.1) is 0 Å². The SMILES string of the molecule is c1cnc2ccc(Nc3nc(-c4ccncc4)nc4ncccc34)cc2c1. The lowest BCUT2D eigenvalue weighted by Gasteiger charge is -2.11. The molecule has 0 unspecified atom stereocenters. The number of hydrogen-bond acceptors (Lipinski definition) is 6. The van der Waals surface area contributed by atoms with Crippen LogP contribution in [0.4, 0.5) is 11.5 Å². The van der Waals surface area contributed by atoms with Gasteiger partial charge in [0, 0.05) is 41.4 Å². The van der Waals surface area contributed by atoms with E-state index in [-0.39, 0.29) is 0 Å². The summed E-state index contributed by atoms with van der Waals surface area (Å²) < 4.78 is 0. The van der Waals surface area contributed by atoms with Crippen molar-refractivity contribution in [3.8, 4) is 11.4 Å². The number of rotatable bonds is 3. The van der Waals surface area contributed by atoms with Gasteiger partial charge in [-0.1, -0.05) is 6.07 Å². The zero-order valence-corrected chi connectivity index (χ0v) is 14.2. The van der Waals surface area contributed by atoms with Crippen molar-refractivity contribution in [2.24, 2.45) is 0 Å². The topological polar surface area (TPSA) is 76.5 Å². The minimum absolute atomic E-state index is 0.605. The van der Waals surface area contributed by atoms with Gasteiger partial charge < -0.3 is 5.32 Å². The van der Waals surface area contributed by atoms with E-state index in [2.05, 4.69) is 31.3 Å². The fourth-order valence-electron chi connectivity index (χ4n) is 2.98. The predicted octanol–water partition coefficient (Wildman–Crippen LogP) is 4.38. The average Bonchev–Trinajstić information content (AvgIpc) is 2.74. The molecule has 0 fully saturated rings. The van der Waals surface area contributed by atoms with E-state index in [1.54, 1.807) is 24.8 Å². The van der Waals surface area contributed by atoms with Gasteiger partial charge in [0.25, 0.3) is 0 Å². The third-order valence-electron chi connectivity index (χ3n) is 4.28. The van der Waals surface area contributed by atoms with E-state index < -0.39 is 0 Å². The molecule has 128 valence electrons. The third-order valence-corrected chi connectivity index (χ3v) is 4.28. The van der Waals surface area contributed by atoms with Crippen molar-refractivity contribution in [2.75, 3.05) is 5.32 Å². The third kappa shape index (κ3) is 2.93. The highest BCUT2D eigenvalue weighted by Crippen LogP contribution is 2.27. The van der Waals surface area contributed by atoms with Gasteiger partial charge in [-0.05, 0) is 48.5 Å². The zero-order chi connectivity index (χ0) is 18.1. The first-order valence-corrected chi connectivity index (χ1v) is 8.52. The van der Waals surface area contributed by atoms with Crippen LogP contribution in [-0.2, 0) is 0 Å². The van der Waals surface area contributed by atoms with Crippen LogP contribution >= 0.6 is 0 Å². The number of nitrogens with one attached hydrogen (secondary N) is 1. The van der Waals surface area contributed by atoms with Gasteiger partial charge in [0.15, 0.2) is 11.5 Å². The Hall–Kier alpha value is -3.93. The summed E-state index contributed by atoms with van der Waals surface area (Å²) in [4.78, 5) is 22.2. The molecule has 0 saturated heterocycles. The van der Waals surface area contributed by atoms with Crippen LogP contribution in [-0.4, -0.2) is 24.9 Å². The summed E-state index contributed by atoms with van der Waals surface area (Å²) in [6.45, 7) is 0. The van der Waals surface area contributed by atoms with E-state index in [1.165, 1.54) is 0 Å². The molecule has 6 heteroatoms. The first-order valence-electron chi connectivity index (χ1n) is 8.52. The highest BCUT2D eigenvalue weighted by atomic mass is 15.1. The minimum Gasteiger partial charge on any atom is -0.340 e. The van der Waals surface area contributed by atoms with Gasteiger partial charge in [0.1, 0.15) is 5.82 Å². The molecule has 0 radical (unpaired) electrons. The van der Waals surface area contributed by atoms with Crippen molar-refractivity contribution in [2.45, 2.75) is 0 Å². The van der Waals surface area contributed by atoms with Crippen molar-refractivity contribution < 1.29 is 0 Å². The molecule has 0 spiro atoms. The summed E-state index contributed by atoms with van der Waals surface area (Å²) in [5.74, 6) is 1.32. The smallest absolute Gasteiger partial charge is 0.165 e. The molecule has 1 aromatic carbocycles. The average molecular weight is 350 g/mol. The minimum atomic E-state index is 0.605. The second kappa shape index (κ2) is 6.42. The van der Waals surface area contributed by atoms with Gasteiger partial charge in [0.05, 0.1) is 10.9 Å². The lowest BCUT2D eigenvalue weighted by molar-refractivity contribution is 1.18. The molecular weight excluding hydrogens is 336 g/mol. The number of hydrogen-bond donors (Lipinski definition) is 1. The van der Waals surface area contributed by atoms with Crippen LogP contribution in [0.5, 0.6) is 0 Å². The molecule has 4 heterocycles. The standard InChI is InChI=1S/C21H14N6/c1-3-15-13-16(5-6-18(15)23-9-1)25-21-17-4-2-10-24-20(17)26-19(27-21)14-7-11-22-12-8-14/h1-13H,(H,24,25,26,27). The van der Waals surface area contributed by atoms with Crippen molar-refractivity contribution in [1.82, 2.24) is 24.9 Å². The van der Waals surface area contributed by atoms with Crippen LogP contribution in [0.25, 0.3) is 33.3 Å². The Morgan fingerprint density at radius 2 is 1.59 bits per heavy atom. The molecule has 6 nitrogen and oxygen atoms in total. The molecular formula is C21H14N6. The van der Waals surface area contributed by atoms with Gasteiger partial charge in [0.2, 0.25) is 0 Å². The second-order valence-electron chi connectivity index (χ2n) is 6.04. The van der Waals surface area contributed by atoms with Crippen LogP contribution in [0.3, 0.4) is 0 Å². The maximum absolute atomic E-state index is 4.74. The van der Waals surface area contributed by atoms with Gasteiger partial charge in [-0.25, -0.2) is 15.0 Å². The highest BCUT2D eigenvalue weighted by Gasteiger charge is 2.10. The summed E-state index contributed by atoms with van der Waals surface area (Å²) in [6, 6.07) is 17.6. The Balaban J connectivity index is 1.64. The highest BCUT2D eigenvalue weighted by molar-refractivity contribution is 5.91. The molecule has 5 rings (SSSR count). The van der Waals surface area contributed by atoms with E-state index in [4.69, 9.17) is 4.98 Å². The molecule has 27 heavy (non-hydrogen) atoms. The molecule has 1 N–H and O–H groups in total. The summed E-state index contributed by atoms with van der Waals surface area (Å²) in [7, 11) is 0. The van der Waals surface area contributed by atoms with E-state index in [1.807, 2.05) is 48.5 Å². The number of aromatic nitrogens is 5. The van der Waals surface area contributed by atoms with Crippen LogP contribution in [0.15, 0.2) is 79.4 Å². The zero-order valence-electron chi connectivity index (χ0n) is 14.2. The number of pyridine rings is 3. The van der Waals surface area contributed by atoms with Gasteiger partial charge >= 0.3 is 0 Å². The monoisotopic (exact) mass is 350 g/mol. The van der Waals surface area contributed by atoms with E-state index in [0.717, 1.165) is 27.5 Å². The Labute approximate surface area is 155 Å². The van der Waals surface area contributed by atoms with E-state index >= 15 is 0 Å². The quantitative estimate of drug-likeness (QED) is 0.520. The fraction of sp³-hybridized carbons (Fsp3) is 0. The van der Waals surface area contributed by atoms with Crippen LogP contribution < -0.4 is 5.32 Å². The molecule has 0 atom stereocenters. The summed E-state index contributed by atoms with van der Waals surface area (Å²) >= 11 is 0. The number of anilines is 2. The Morgan fingerprint density at radius 3 is 2.52 bits per heavy atom. The molecule has 0 aliphatic carbocycles. The van der Waals surface area contributed by atoms with Crippen molar-refractivity contribution >= 4 is 33.4 Å². The summed E-state index contributed by atoms with van der Waals surface area (Å²) in [6.07, 6.45) is 6.98. The lowest BCUT2D eigenvalue weighted by Crippen LogP contribution is -2.00. The number of benzene rings is 1. The van der Waals surface area contributed by atoms with E-state index in [9.17, 15) is 0 Å². The predicted molar refractivity (Wildman–Crippen MR) is 106 cm³/mol. The fourth-order valence-corrected chi connectivity index (χ4v) is 2.98. The molecule has 5 aromatic rings. The molecule has 0 saturated carbocycles.